The number of hydrogen-bond donors (Lipinski definition) is 2. The van der Waals surface area contributed by atoms with Crippen LogP contribution < -0.4 is 15.4 Å². The molecule has 1 atom stereocenters. The first-order valence-electron chi connectivity index (χ1n) is 9.60. The average molecular weight is 474 g/mol. The van der Waals surface area contributed by atoms with Crippen molar-refractivity contribution in [3.63, 3.8) is 0 Å². The molecule has 0 aliphatic carbocycles. The molecule has 0 radical (unpaired) electrons. The predicted octanol–water partition coefficient (Wildman–Crippen LogP) is 6.01. The zero-order valence-corrected chi connectivity index (χ0v) is 19.5. The maximum atomic E-state index is 12.6. The van der Waals surface area contributed by atoms with Gasteiger partial charge in [0, 0.05) is 27.1 Å². The second-order valence-corrected chi connectivity index (χ2v) is 9.13. The molecule has 3 aromatic rings. The van der Waals surface area contributed by atoms with Crippen molar-refractivity contribution in [1.29, 1.82) is 0 Å². The molecule has 2 heterocycles. The van der Waals surface area contributed by atoms with Gasteiger partial charge in [0.25, 0.3) is 5.91 Å². The summed E-state index contributed by atoms with van der Waals surface area (Å²) in [6, 6.07) is 15.1. The zero-order chi connectivity index (χ0) is 22.1. The van der Waals surface area contributed by atoms with Crippen molar-refractivity contribution in [3.05, 3.63) is 80.4 Å². The van der Waals surface area contributed by atoms with E-state index in [1.807, 2.05) is 44.2 Å². The number of thioether (sulfide) groups is 1. The van der Waals surface area contributed by atoms with Crippen LogP contribution in [0.5, 0.6) is 5.75 Å². The maximum Gasteiger partial charge on any atom is 0.260 e. The number of halogens is 2. The van der Waals surface area contributed by atoms with Crippen molar-refractivity contribution < 1.29 is 9.53 Å². The molecule has 0 bridgehead atoms. The number of ether oxygens (including phenoxy) is 1. The molecule has 4 rings (SSSR count). The number of nitrogens with one attached hydrogen (secondary N) is 2. The Bertz CT molecular complexity index is 1190. The highest BCUT2D eigenvalue weighted by Crippen LogP contribution is 2.35. The Balaban J connectivity index is 1.59. The van der Waals surface area contributed by atoms with Crippen LogP contribution in [0, 0.1) is 13.8 Å². The van der Waals surface area contributed by atoms with Crippen LogP contribution in [0.4, 0.5) is 5.69 Å². The molecule has 31 heavy (non-hydrogen) atoms. The summed E-state index contributed by atoms with van der Waals surface area (Å²) in [5.74, 6) is 0.526. The van der Waals surface area contributed by atoms with Gasteiger partial charge in [-0.3, -0.25) is 4.79 Å². The fraction of sp³-hybridized carbons (Fsp3) is 0.174. The van der Waals surface area contributed by atoms with Gasteiger partial charge in [0.15, 0.2) is 5.50 Å². The first kappa shape index (κ1) is 21.7. The van der Waals surface area contributed by atoms with Crippen LogP contribution in [-0.2, 0) is 4.79 Å². The lowest BCUT2D eigenvalue weighted by Gasteiger charge is -2.15. The van der Waals surface area contributed by atoms with Gasteiger partial charge >= 0.3 is 0 Å². The highest BCUT2D eigenvalue weighted by Gasteiger charge is 2.28. The number of anilines is 1. The number of nitrogens with zero attached hydrogens (tertiary/aromatic N) is 1. The Labute approximate surface area is 195 Å². The van der Waals surface area contributed by atoms with Crippen LogP contribution in [0.1, 0.15) is 17.0 Å². The van der Waals surface area contributed by atoms with Crippen molar-refractivity contribution in [3.8, 4) is 11.4 Å². The molecule has 0 saturated carbocycles. The Morgan fingerprint density at radius 3 is 2.65 bits per heavy atom. The molecular weight excluding hydrogens is 453 g/mol. The minimum atomic E-state index is -0.331. The van der Waals surface area contributed by atoms with E-state index in [1.165, 1.54) is 11.8 Å². The van der Waals surface area contributed by atoms with Gasteiger partial charge in [-0.05, 0) is 68.0 Å². The van der Waals surface area contributed by atoms with Gasteiger partial charge in [0.2, 0.25) is 0 Å². The Kier molecular flexibility index (Phi) is 6.23. The minimum absolute atomic E-state index is 0.129. The first-order chi connectivity index (χ1) is 14.9. The standard InChI is InChI=1S/C23H21Cl2N3O2S/c1-13-9-15(14(2)28(13)18-6-4-5-16(24)11-18)10-21-22(29)27-23(31-21)26-19-12-17(25)7-8-20(19)30-3/h4-12,23,26H,1-3H3,(H,27,29)/b21-10-. The van der Waals surface area contributed by atoms with Gasteiger partial charge in [-0.15, -0.1) is 0 Å². The van der Waals surface area contributed by atoms with E-state index in [0.29, 0.717) is 26.4 Å². The number of methoxy groups -OCH3 is 1. The first-order valence-corrected chi connectivity index (χ1v) is 11.2. The van der Waals surface area contributed by atoms with Crippen molar-refractivity contribution >= 4 is 52.6 Å². The summed E-state index contributed by atoms with van der Waals surface area (Å²) < 4.78 is 7.50. The number of amides is 1. The number of benzene rings is 2. The molecule has 1 unspecified atom stereocenters. The van der Waals surface area contributed by atoms with Gasteiger partial charge < -0.3 is 19.9 Å². The number of hydrogen-bond acceptors (Lipinski definition) is 4. The summed E-state index contributed by atoms with van der Waals surface area (Å²) in [7, 11) is 1.59. The van der Waals surface area contributed by atoms with E-state index in [-0.39, 0.29) is 11.4 Å². The molecule has 1 aliphatic rings. The van der Waals surface area contributed by atoms with Crippen molar-refractivity contribution in [2.24, 2.45) is 0 Å². The summed E-state index contributed by atoms with van der Waals surface area (Å²) >= 11 is 13.7. The highest BCUT2D eigenvalue weighted by molar-refractivity contribution is 8.05. The lowest BCUT2D eigenvalue weighted by Crippen LogP contribution is -2.31. The topological polar surface area (TPSA) is 55.3 Å². The van der Waals surface area contributed by atoms with Crippen LogP contribution in [0.3, 0.4) is 0 Å². The highest BCUT2D eigenvalue weighted by atomic mass is 35.5. The van der Waals surface area contributed by atoms with Crippen LogP contribution in [-0.4, -0.2) is 23.1 Å². The maximum absolute atomic E-state index is 12.6. The predicted molar refractivity (Wildman–Crippen MR) is 129 cm³/mol. The number of carbonyl (C=O) groups excluding carboxylic acids is 1. The Morgan fingerprint density at radius 1 is 1.13 bits per heavy atom. The molecule has 8 heteroatoms. The molecule has 1 aromatic heterocycles. The smallest absolute Gasteiger partial charge is 0.260 e. The van der Waals surface area contributed by atoms with Gasteiger partial charge in [0.05, 0.1) is 17.7 Å². The second kappa shape index (κ2) is 8.91. The molecule has 1 amide bonds. The molecular formula is C23H21Cl2N3O2S. The molecule has 5 nitrogen and oxygen atoms in total. The quantitative estimate of drug-likeness (QED) is 0.445. The lowest BCUT2D eigenvalue weighted by atomic mass is 10.2. The lowest BCUT2D eigenvalue weighted by molar-refractivity contribution is -0.116. The van der Waals surface area contributed by atoms with E-state index < -0.39 is 0 Å². The second-order valence-electron chi connectivity index (χ2n) is 7.11. The summed E-state index contributed by atoms with van der Waals surface area (Å²) in [4.78, 5) is 13.2. The van der Waals surface area contributed by atoms with Gasteiger partial charge in [-0.2, -0.15) is 0 Å². The van der Waals surface area contributed by atoms with Gasteiger partial charge in [0.1, 0.15) is 5.75 Å². The summed E-state index contributed by atoms with van der Waals surface area (Å²) in [5, 5.41) is 7.48. The molecule has 1 saturated heterocycles. The monoisotopic (exact) mass is 473 g/mol. The Morgan fingerprint density at radius 2 is 1.90 bits per heavy atom. The third-order valence-corrected chi connectivity index (χ3v) is 6.50. The summed E-state index contributed by atoms with van der Waals surface area (Å²) in [6.45, 7) is 4.07. The van der Waals surface area contributed by atoms with Gasteiger partial charge in [-0.1, -0.05) is 41.0 Å². The largest absolute Gasteiger partial charge is 0.495 e. The fourth-order valence-corrected chi connectivity index (χ4v) is 4.91. The van der Waals surface area contributed by atoms with E-state index in [2.05, 4.69) is 21.3 Å². The minimum Gasteiger partial charge on any atom is -0.495 e. The average Bonchev–Trinajstić information content (AvgIpc) is 3.20. The van der Waals surface area contributed by atoms with E-state index in [9.17, 15) is 4.79 Å². The summed E-state index contributed by atoms with van der Waals surface area (Å²) in [6.07, 6.45) is 1.92. The van der Waals surface area contributed by atoms with Crippen LogP contribution in [0.15, 0.2) is 53.4 Å². The van der Waals surface area contributed by atoms with Crippen molar-refractivity contribution in [1.82, 2.24) is 9.88 Å². The molecule has 2 aromatic carbocycles. The SMILES string of the molecule is COc1ccc(Cl)cc1NC1NC(=O)/C(=C/c2cc(C)n(-c3cccc(Cl)c3)c2C)S1. The number of aromatic nitrogens is 1. The normalized spacial score (nSPS) is 17.1. The van der Waals surface area contributed by atoms with Crippen LogP contribution in [0.25, 0.3) is 11.8 Å². The van der Waals surface area contributed by atoms with Crippen LogP contribution in [0.2, 0.25) is 10.0 Å². The van der Waals surface area contributed by atoms with Crippen LogP contribution >= 0.6 is 35.0 Å². The van der Waals surface area contributed by atoms with E-state index in [0.717, 1.165) is 22.6 Å². The summed E-state index contributed by atoms with van der Waals surface area (Å²) in [5.41, 5.74) is 4.46. The van der Waals surface area contributed by atoms with Crippen molar-refractivity contribution in [2.45, 2.75) is 19.3 Å². The molecule has 1 aliphatic heterocycles. The molecule has 2 N–H and O–H groups in total. The molecule has 160 valence electrons. The van der Waals surface area contributed by atoms with E-state index in [1.54, 1.807) is 25.3 Å². The fourth-order valence-electron chi connectivity index (χ4n) is 3.59. The third-order valence-electron chi connectivity index (χ3n) is 5.00. The van der Waals surface area contributed by atoms with E-state index >= 15 is 0 Å². The molecule has 0 spiro atoms. The number of rotatable bonds is 5. The van der Waals surface area contributed by atoms with E-state index in [4.69, 9.17) is 27.9 Å². The van der Waals surface area contributed by atoms with Crippen molar-refractivity contribution in [2.75, 3.05) is 12.4 Å². The third kappa shape index (κ3) is 4.56. The number of aryl methyl sites for hydroxylation is 1. The Hall–Kier alpha value is -2.54. The zero-order valence-electron chi connectivity index (χ0n) is 17.2. The van der Waals surface area contributed by atoms with Gasteiger partial charge in [-0.25, -0.2) is 0 Å². The molecule has 1 fully saturated rings. The number of carbonyl (C=O) groups is 1.